The first-order valence-electron chi connectivity index (χ1n) is 5.12. The minimum atomic E-state index is -0.360. The predicted molar refractivity (Wildman–Crippen MR) is 53.8 cm³/mol. The molecule has 0 N–H and O–H groups in total. The van der Waals surface area contributed by atoms with Crippen molar-refractivity contribution < 1.29 is 9.13 Å². The fraction of sp³-hybridized carbons (Fsp3) is 0.417. The first-order valence-corrected chi connectivity index (χ1v) is 5.12. The molecule has 78 valence electrons. The molecule has 1 aliphatic rings. The van der Waals surface area contributed by atoms with E-state index in [0.717, 1.165) is 19.3 Å². The van der Waals surface area contributed by atoms with Crippen molar-refractivity contribution in [2.75, 3.05) is 0 Å². The van der Waals surface area contributed by atoms with Crippen LogP contribution in [0.2, 0.25) is 0 Å². The third-order valence-electron chi connectivity index (χ3n) is 2.73. The van der Waals surface area contributed by atoms with Gasteiger partial charge in [0.25, 0.3) is 0 Å². The third-order valence-corrected chi connectivity index (χ3v) is 2.73. The molecular weight excluding hydrogens is 193 g/mol. The summed E-state index contributed by atoms with van der Waals surface area (Å²) in [4.78, 5) is 0. The van der Waals surface area contributed by atoms with Gasteiger partial charge in [0.2, 0.25) is 0 Å². The third kappa shape index (κ3) is 2.10. The topological polar surface area (TPSA) is 33.0 Å². The van der Waals surface area contributed by atoms with E-state index < -0.39 is 0 Å². The molecule has 0 saturated heterocycles. The molecule has 0 aromatic heterocycles. The van der Waals surface area contributed by atoms with Crippen molar-refractivity contribution in [1.29, 1.82) is 5.26 Å². The van der Waals surface area contributed by atoms with E-state index in [4.69, 9.17) is 10.00 Å². The molecule has 1 aliphatic carbocycles. The fourth-order valence-corrected chi connectivity index (χ4v) is 1.92. The van der Waals surface area contributed by atoms with Crippen LogP contribution in [0.1, 0.15) is 19.3 Å². The molecule has 3 heteroatoms. The average Bonchev–Trinajstić information content (AvgIpc) is 2.69. The molecule has 1 fully saturated rings. The second kappa shape index (κ2) is 4.31. The molecule has 0 bridgehead atoms. The highest BCUT2D eigenvalue weighted by atomic mass is 19.1. The van der Waals surface area contributed by atoms with Gasteiger partial charge in [0.05, 0.1) is 12.0 Å². The standard InChI is InChI=1S/C12H12FNO/c13-10-5-1-2-6-12(10)15-11-7-3-4-9(11)8-14/h1-2,5-6,9,11H,3-4,7H2. The second-order valence-electron chi connectivity index (χ2n) is 3.75. The van der Waals surface area contributed by atoms with E-state index in [1.165, 1.54) is 6.07 Å². The van der Waals surface area contributed by atoms with Crippen LogP contribution < -0.4 is 4.74 Å². The molecule has 15 heavy (non-hydrogen) atoms. The van der Waals surface area contributed by atoms with E-state index in [1.54, 1.807) is 18.2 Å². The smallest absolute Gasteiger partial charge is 0.165 e. The zero-order valence-electron chi connectivity index (χ0n) is 8.32. The molecule has 0 aliphatic heterocycles. The van der Waals surface area contributed by atoms with Crippen LogP contribution in [0.25, 0.3) is 0 Å². The highest BCUT2D eigenvalue weighted by molar-refractivity contribution is 5.24. The Labute approximate surface area is 88.3 Å². The molecule has 1 aromatic carbocycles. The van der Waals surface area contributed by atoms with Crippen LogP contribution in [-0.4, -0.2) is 6.10 Å². The molecule has 2 rings (SSSR count). The minimum absolute atomic E-state index is 0.0930. The van der Waals surface area contributed by atoms with Gasteiger partial charge in [0.1, 0.15) is 6.10 Å². The van der Waals surface area contributed by atoms with Crippen LogP contribution in [0.5, 0.6) is 5.75 Å². The van der Waals surface area contributed by atoms with E-state index in [1.807, 2.05) is 0 Å². The number of nitriles is 1. The maximum atomic E-state index is 13.3. The minimum Gasteiger partial charge on any atom is -0.486 e. The molecule has 0 radical (unpaired) electrons. The van der Waals surface area contributed by atoms with Gasteiger partial charge in [-0.2, -0.15) is 5.26 Å². The zero-order valence-corrected chi connectivity index (χ0v) is 8.32. The number of para-hydroxylation sites is 1. The van der Waals surface area contributed by atoms with Crippen molar-refractivity contribution in [3.63, 3.8) is 0 Å². The molecule has 0 spiro atoms. The Hall–Kier alpha value is -1.56. The summed E-state index contributed by atoms with van der Waals surface area (Å²) in [5.74, 6) is -0.199. The highest BCUT2D eigenvalue weighted by Crippen LogP contribution is 2.30. The Balaban J connectivity index is 2.09. The van der Waals surface area contributed by atoms with Gasteiger partial charge >= 0.3 is 0 Å². The van der Waals surface area contributed by atoms with Crippen LogP contribution in [0, 0.1) is 23.1 Å². The van der Waals surface area contributed by atoms with Crippen LogP contribution in [0.4, 0.5) is 4.39 Å². The Morgan fingerprint density at radius 2 is 2.13 bits per heavy atom. The zero-order chi connectivity index (χ0) is 10.7. The van der Waals surface area contributed by atoms with Crippen molar-refractivity contribution >= 4 is 0 Å². The maximum Gasteiger partial charge on any atom is 0.165 e. The summed E-state index contributed by atoms with van der Waals surface area (Å²) in [6.07, 6.45) is 2.53. The van der Waals surface area contributed by atoms with Crippen LogP contribution >= 0.6 is 0 Å². The van der Waals surface area contributed by atoms with Crippen molar-refractivity contribution in [3.8, 4) is 11.8 Å². The first kappa shape index (κ1) is 9.97. The average molecular weight is 205 g/mol. The normalized spacial score (nSPS) is 24.8. The van der Waals surface area contributed by atoms with Crippen LogP contribution in [-0.2, 0) is 0 Å². The summed E-state index contributed by atoms with van der Waals surface area (Å²) >= 11 is 0. The summed E-state index contributed by atoms with van der Waals surface area (Å²) in [6.45, 7) is 0. The summed E-state index contributed by atoms with van der Waals surface area (Å²) in [5, 5.41) is 8.86. The second-order valence-corrected chi connectivity index (χ2v) is 3.75. The summed E-state index contributed by atoms with van der Waals surface area (Å²) in [5.41, 5.74) is 0. The Bertz CT molecular complexity index is 385. The number of halogens is 1. The Morgan fingerprint density at radius 1 is 1.33 bits per heavy atom. The van der Waals surface area contributed by atoms with Gasteiger partial charge in [0, 0.05) is 0 Å². The van der Waals surface area contributed by atoms with E-state index in [2.05, 4.69) is 6.07 Å². The Morgan fingerprint density at radius 3 is 2.87 bits per heavy atom. The summed E-state index contributed by atoms with van der Waals surface area (Å²) in [6, 6.07) is 8.53. The molecular formula is C12H12FNO. The van der Waals surface area contributed by atoms with E-state index in [9.17, 15) is 4.39 Å². The SMILES string of the molecule is N#CC1CCCC1Oc1ccccc1F. The maximum absolute atomic E-state index is 13.3. The van der Waals surface area contributed by atoms with Crippen molar-refractivity contribution in [3.05, 3.63) is 30.1 Å². The van der Waals surface area contributed by atoms with Gasteiger partial charge in [-0.1, -0.05) is 12.1 Å². The predicted octanol–water partition coefficient (Wildman–Crippen LogP) is 2.90. The lowest BCUT2D eigenvalue weighted by Crippen LogP contribution is -2.20. The number of nitrogens with zero attached hydrogens (tertiary/aromatic N) is 1. The molecule has 0 amide bonds. The largest absolute Gasteiger partial charge is 0.486 e. The summed E-state index contributed by atoms with van der Waals surface area (Å²) < 4.78 is 18.8. The van der Waals surface area contributed by atoms with Crippen LogP contribution in [0.15, 0.2) is 24.3 Å². The lowest BCUT2D eigenvalue weighted by atomic mass is 10.1. The van der Waals surface area contributed by atoms with Crippen LogP contribution in [0.3, 0.4) is 0 Å². The van der Waals surface area contributed by atoms with Crippen molar-refractivity contribution in [2.24, 2.45) is 5.92 Å². The van der Waals surface area contributed by atoms with E-state index >= 15 is 0 Å². The molecule has 1 aromatic rings. The Kier molecular flexibility index (Phi) is 2.86. The monoisotopic (exact) mass is 205 g/mol. The van der Waals surface area contributed by atoms with Crippen molar-refractivity contribution in [1.82, 2.24) is 0 Å². The number of hydrogen-bond donors (Lipinski definition) is 0. The van der Waals surface area contributed by atoms with E-state index in [0.29, 0.717) is 0 Å². The number of hydrogen-bond acceptors (Lipinski definition) is 2. The molecule has 2 atom stereocenters. The lowest BCUT2D eigenvalue weighted by molar-refractivity contribution is 0.175. The van der Waals surface area contributed by atoms with Gasteiger partial charge in [-0.15, -0.1) is 0 Å². The summed E-state index contributed by atoms with van der Waals surface area (Å²) in [7, 11) is 0. The number of rotatable bonds is 2. The molecule has 2 unspecified atom stereocenters. The quantitative estimate of drug-likeness (QED) is 0.743. The highest BCUT2D eigenvalue weighted by Gasteiger charge is 2.29. The van der Waals surface area contributed by atoms with Gasteiger partial charge in [-0.25, -0.2) is 4.39 Å². The van der Waals surface area contributed by atoms with Crippen molar-refractivity contribution in [2.45, 2.75) is 25.4 Å². The first-order chi connectivity index (χ1) is 7.31. The van der Waals surface area contributed by atoms with Gasteiger partial charge < -0.3 is 4.74 Å². The number of benzene rings is 1. The molecule has 0 heterocycles. The molecule has 2 nitrogen and oxygen atoms in total. The van der Waals surface area contributed by atoms with Gasteiger partial charge in [-0.3, -0.25) is 0 Å². The van der Waals surface area contributed by atoms with Gasteiger partial charge in [-0.05, 0) is 31.4 Å². The lowest BCUT2D eigenvalue weighted by Gasteiger charge is -2.16. The fourth-order valence-electron chi connectivity index (χ4n) is 1.92. The number of ether oxygens (including phenoxy) is 1. The van der Waals surface area contributed by atoms with Gasteiger partial charge in [0.15, 0.2) is 11.6 Å². The molecule has 1 saturated carbocycles. The van der Waals surface area contributed by atoms with E-state index in [-0.39, 0.29) is 23.6 Å².